The smallest absolute Gasteiger partial charge is 0.323 e. The summed E-state index contributed by atoms with van der Waals surface area (Å²) in [6.07, 6.45) is 0. The van der Waals surface area contributed by atoms with Gasteiger partial charge in [-0.3, -0.25) is 9.69 Å². The molecule has 4 heteroatoms. The molecule has 0 bridgehead atoms. The van der Waals surface area contributed by atoms with Crippen molar-refractivity contribution < 1.29 is 9.59 Å². The van der Waals surface area contributed by atoms with Crippen molar-refractivity contribution in [3.63, 3.8) is 0 Å². The highest BCUT2D eigenvalue weighted by molar-refractivity contribution is 5.98. The maximum absolute atomic E-state index is 12.3. The van der Waals surface area contributed by atoms with E-state index in [0.29, 0.717) is 11.3 Å². The molecule has 108 valence electrons. The van der Waals surface area contributed by atoms with Crippen LogP contribution in [0.5, 0.6) is 0 Å². The Labute approximate surface area is 124 Å². The first-order valence-corrected chi connectivity index (χ1v) is 6.80. The van der Waals surface area contributed by atoms with E-state index in [0.717, 1.165) is 5.56 Å². The number of nitrogens with zero attached hydrogens (tertiary/aromatic N) is 1. The van der Waals surface area contributed by atoms with Gasteiger partial charge in [0, 0.05) is 11.3 Å². The Morgan fingerprint density at radius 3 is 2.57 bits per heavy atom. The molecular weight excluding hydrogens is 264 g/mol. The predicted molar refractivity (Wildman–Crippen MR) is 81.3 cm³/mol. The molecule has 1 aliphatic heterocycles. The lowest BCUT2D eigenvalue weighted by Gasteiger charge is -2.34. The van der Waals surface area contributed by atoms with E-state index in [-0.39, 0.29) is 18.4 Å². The van der Waals surface area contributed by atoms with Gasteiger partial charge in [-0.25, -0.2) is 4.79 Å². The van der Waals surface area contributed by atoms with Gasteiger partial charge >= 0.3 is 6.03 Å². The van der Waals surface area contributed by atoms with Gasteiger partial charge in [-0.15, -0.1) is 5.92 Å². The van der Waals surface area contributed by atoms with E-state index in [2.05, 4.69) is 17.2 Å². The summed E-state index contributed by atoms with van der Waals surface area (Å²) in [6, 6.07) is 8.87. The standard InChI is InChI=1S/C17H18N2O2/c1-4-5-11-19-12(2)15(13(3)20)16(18-17(19)21)14-9-7-6-8-10-14/h6-10,16H,11H2,1-3H3,(H,18,21). The number of urea groups is 1. The SMILES string of the molecule is CC#CCN1C(=O)NC(c2ccccc2)C(C(C)=O)=C1C. The first kappa shape index (κ1) is 14.9. The summed E-state index contributed by atoms with van der Waals surface area (Å²) in [6.45, 7) is 5.32. The fourth-order valence-corrected chi connectivity index (χ4v) is 2.48. The van der Waals surface area contributed by atoms with E-state index in [9.17, 15) is 9.59 Å². The molecule has 1 aromatic carbocycles. The molecule has 1 unspecified atom stereocenters. The summed E-state index contributed by atoms with van der Waals surface area (Å²) in [5, 5.41) is 2.89. The molecule has 2 rings (SSSR count). The average molecular weight is 282 g/mol. The van der Waals surface area contributed by atoms with Gasteiger partial charge in [0.05, 0.1) is 12.6 Å². The number of carbonyl (C=O) groups excluding carboxylic acids is 2. The molecule has 1 aromatic rings. The number of hydrogen-bond donors (Lipinski definition) is 1. The minimum Gasteiger partial charge on any atom is -0.327 e. The highest BCUT2D eigenvalue weighted by Gasteiger charge is 2.33. The van der Waals surface area contributed by atoms with E-state index in [1.54, 1.807) is 13.8 Å². The number of amides is 2. The molecule has 0 radical (unpaired) electrons. The second-order valence-corrected chi connectivity index (χ2v) is 4.86. The van der Waals surface area contributed by atoms with Crippen LogP contribution in [0.25, 0.3) is 0 Å². The van der Waals surface area contributed by atoms with E-state index < -0.39 is 6.04 Å². The van der Waals surface area contributed by atoms with Crippen LogP contribution in [0.2, 0.25) is 0 Å². The molecule has 0 saturated heterocycles. The summed E-state index contributed by atoms with van der Waals surface area (Å²) in [4.78, 5) is 25.8. The van der Waals surface area contributed by atoms with Crippen LogP contribution in [0.4, 0.5) is 4.79 Å². The Kier molecular flexibility index (Phi) is 4.44. The molecule has 0 fully saturated rings. The lowest BCUT2D eigenvalue weighted by atomic mass is 9.92. The maximum atomic E-state index is 12.3. The lowest BCUT2D eigenvalue weighted by molar-refractivity contribution is -0.114. The van der Waals surface area contributed by atoms with E-state index in [1.807, 2.05) is 30.3 Å². The second-order valence-electron chi connectivity index (χ2n) is 4.86. The fraction of sp³-hybridized carbons (Fsp3) is 0.294. The van der Waals surface area contributed by atoms with Crippen molar-refractivity contribution in [1.82, 2.24) is 10.2 Å². The number of benzene rings is 1. The predicted octanol–water partition coefficient (Wildman–Crippen LogP) is 2.64. The van der Waals surface area contributed by atoms with Crippen molar-refractivity contribution in [2.45, 2.75) is 26.8 Å². The first-order chi connectivity index (χ1) is 10.1. The third-order valence-corrected chi connectivity index (χ3v) is 3.52. The van der Waals surface area contributed by atoms with Crippen molar-refractivity contribution in [3.05, 3.63) is 47.2 Å². The Morgan fingerprint density at radius 1 is 1.33 bits per heavy atom. The fourth-order valence-electron chi connectivity index (χ4n) is 2.48. The molecule has 0 spiro atoms. The Balaban J connectivity index is 2.48. The van der Waals surface area contributed by atoms with Crippen LogP contribution in [-0.4, -0.2) is 23.3 Å². The second kappa shape index (κ2) is 6.27. The Bertz CT molecular complexity index is 650. The Morgan fingerprint density at radius 2 is 2.00 bits per heavy atom. The summed E-state index contributed by atoms with van der Waals surface area (Å²) in [5.41, 5.74) is 2.18. The zero-order chi connectivity index (χ0) is 15.4. The third-order valence-electron chi connectivity index (χ3n) is 3.52. The average Bonchev–Trinajstić information content (AvgIpc) is 2.47. The largest absolute Gasteiger partial charge is 0.327 e. The molecule has 1 heterocycles. The molecule has 1 aliphatic rings. The van der Waals surface area contributed by atoms with Crippen LogP contribution in [-0.2, 0) is 4.79 Å². The van der Waals surface area contributed by atoms with Crippen LogP contribution in [0, 0.1) is 11.8 Å². The minimum atomic E-state index is -0.401. The summed E-state index contributed by atoms with van der Waals surface area (Å²) in [5.74, 6) is 5.58. The van der Waals surface area contributed by atoms with Gasteiger partial charge in [-0.2, -0.15) is 0 Å². The van der Waals surface area contributed by atoms with Gasteiger partial charge in [-0.1, -0.05) is 36.3 Å². The maximum Gasteiger partial charge on any atom is 0.323 e. The van der Waals surface area contributed by atoms with E-state index in [4.69, 9.17) is 0 Å². The van der Waals surface area contributed by atoms with Gasteiger partial charge in [0.2, 0.25) is 0 Å². The van der Waals surface area contributed by atoms with Crippen molar-refractivity contribution in [2.24, 2.45) is 0 Å². The van der Waals surface area contributed by atoms with Crippen molar-refractivity contribution in [1.29, 1.82) is 0 Å². The highest BCUT2D eigenvalue weighted by Crippen LogP contribution is 2.30. The molecule has 0 saturated carbocycles. The van der Waals surface area contributed by atoms with Crippen LogP contribution in [0.1, 0.15) is 32.4 Å². The van der Waals surface area contributed by atoms with Crippen molar-refractivity contribution in [3.8, 4) is 11.8 Å². The van der Waals surface area contributed by atoms with Crippen LogP contribution < -0.4 is 5.32 Å². The number of rotatable bonds is 3. The van der Waals surface area contributed by atoms with Crippen molar-refractivity contribution in [2.75, 3.05) is 6.54 Å². The van der Waals surface area contributed by atoms with E-state index in [1.165, 1.54) is 11.8 Å². The summed E-state index contributed by atoms with van der Waals surface area (Å²) in [7, 11) is 0. The monoisotopic (exact) mass is 282 g/mol. The van der Waals surface area contributed by atoms with Crippen LogP contribution >= 0.6 is 0 Å². The quantitative estimate of drug-likeness (QED) is 0.866. The molecule has 2 amide bonds. The summed E-state index contributed by atoms with van der Waals surface area (Å²) < 4.78 is 0. The number of allylic oxidation sites excluding steroid dienone is 1. The number of Topliss-reactive ketones (excluding diaryl/α,β-unsaturated/α-hetero) is 1. The zero-order valence-corrected chi connectivity index (χ0v) is 12.4. The molecule has 4 nitrogen and oxygen atoms in total. The third kappa shape index (κ3) is 2.97. The Hall–Kier alpha value is -2.54. The van der Waals surface area contributed by atoms with Crippen LogP contribution in [0.15, 0.2) is 41.6 Å². The molecule has 0 aliphatic carbocycles. The summed E-state index contributed by atoms with van der Waals surface area (Å²) >= 11 is 0. The number of ketones is 1. The molecule has 0 aromatic heterocycles. The van der Waals surface area contributed by atoms with Crippen molar-refractivity contribution >= 4 is 11.8 Å². The van der Waals surface area contributed by atoms with Gasteiger partial charge < -0.3 is 5.32 Å². The van der Waals surface area contributed by atoms with Gasteiger partial charge in [-0.05, 0) is 26.3 Å². The van der Waals surface area contributed by atoms with Gasteiger partial charge in [0.25, 0.3) is 0 Å². The number of carbonyl (C=O) groups is 2. The highest BCUT2D eigenvalue weighted by atomic mass is 16.2. The van der Waals surface area contributed by atoms with Gasteiger partial charge in [0.15, 0.2) is 5.78 Å². The topological polar surface area (TPSA) is 49.4 Å². The minimum absolute atomic E-state index is 0.0455. The lowest BCUT2D eigenvalue weighted by Crippen LogP contribution is -2.47. The molecular formula is C17H18N2O2. The normalized spacial score (nSPS) is 18.0. The number of nitrogens with one attached hydrogen (secondary N) is 1. The van der Waals surface area contributed by atoms with Gasteiger partial charge in [0.1, 0.15) is 0 Å². The molecule has 1 atom stereocenters. The molecule has 21 heavy (non-hydrogen) atoms. The van der Waals surface area contributed by atoms with E-state index >= 15 is 0 Å². The molecule has 1 N–H and O–H groups in total. The van der Waals surface area contributed by atoms with Crippen LogP contribution in [0.3, 0.4) is 0 Å². The number of hydrogen-bond acceptors (Lipinski definition) is 2. The zero-order valence-electron chi connectivity index (χ0n) is 12.4. The first-order valence-electron chi connectivity index (χ1n) is 6.80.